The van der Waals surface area contributed by atoms with E-state index >= 15 is 0 Å². The van der Waals surface area contributed by atoms with Crippen molar-refractivity contribution in [1.29, 1.82) is 0 Å². The lowest BCUT2D eigenvalue weighted by molar-refractivity contribution is -0.125. The van der Waals surface area contributed by atoms with Crippen LogP contribution in [0.15, 0.2) is 35.4 Å². The fraction of sp³-hybridized carbons (Fsp3) is 0.455. The van der Waals surface area contributed by atoms with E-state index in [2.05, 4.69) is 25.7 Å². The second-order valence-corrected chi connectivity index (χ2v) is 9.53. The average Bonchev–Trinajstić information content (AvgIpc) is 3.59. The Hall–Kier alpha value is -2.32. The summed E-state index contributed by atoms with van der Waals surface area (Å²) in [5.74, 6) is 1.04. The molecule has 2 fully saturated rings. The molecule has 2 N–H and O–H groups in total. The largest absolute Gasteiger partial charge is 0.354 e. The minimum absolute atomic E-state index is 0.00356. The van der Waals surface area contributed by atoms with E-state index in [1.807, 2.05) is 25.1 Å². The van der Waals surface area contributed by atoms with Crippen LogP contribution in [-0.4, -0.2) is 46.9 Å². The van der Waals surface area contributed by atoms with Crippen LogP contribution in [0.5, 0.6) is 0 Å². The van der Waals surface area contributed by atoms with Gasteiger partial charge in [-0.15, -0.1) is 10.2 Å². The number of halogens is 1. The maximum Gasteiger partial charge on any atom is 0.234 e. The Morgan fingerprint density at radius 3 is 2.77 bits per heavy atom. The first-order valence-corrected chi connectivity index (χ1v) is 11.9. The predicted octanol–water partition coefficient (Wildman–Crippen LogP) is 3.66. The van der Waals surface area contributed by atoms with Gasteiger partial charge in [-0.2, -0.15) is 0 Å². The van der Waals surface area contributed by atoms with E-state index in [4.69, 9.17) is 11.6 Å². The normalized spacial score (nSPS) is 18.5. The summed E-state index contributed by atoms with van der Waals surface area (Å²) in [6.07, 6.45) is 4.08. The van der Waals surface area contributed by atoms with Gasteiger partial charge in [-0.3, -0.25) is 9.59 Å². The molecular formula is C22H26ClN5O2S. The van der Waals surface area contributed by atoms with E-state index in [0.717, 1.165) is 43.6 Å². The molecular weight excluding hydrogens is 434 g/mol. The van der Waals surface area contributed by atoms with E-state index in [9.17, 15) is 9.59 Å². The lowest BCUT2D eigenvalue weighted by Crippen LogP contribution is -2.44. The van der Waals surface area contributed by atoms with Gasteiger partial charge in [0.05, 0.1) is 11.7 Å². The molecule has 2 heterocycles. The van der Waals surface area contributed by atoms with Crippen molar-refractivity contribution < 1.29 is 9.59 Å². The second-order valence-electron chi connectivity index (χ2n) is 8.09. The number of amides is 2. The quantitative estimate of drug-likeness (QED) is 0.614. The number of carbonyl (C=O) groups excluding carboxylic acids is 2. The van der Waals surface area contributed by atoms with Crippen molar-refractivity contribution in [2.75, 3.05) is 29.1 Å². The molecule has 0 spiro atoms. The lowest BCUT2D eigenvalue weighted by atomic mass is 9.97. The van der Waals surface area contributed by atoms with Crippen LogP contribution in [0.25, 0.3) is 0 Å². The van der Waals surface area contributed by atoms with Gasteiger partial charge in [-0.1, -0.05) is 29.4 Å². The van der Waals surface area contributed by atoms with Crippen molar-refractivity contribution >= 4 is 46.7 Å². The summed E-state index contributed by atoms with van der Waals surface area (Å²) in [6.45, 7) is 3.46. The summed E-state index contributed by atoms with van der Waals surface area (Å²) in [5.41, 5.74) is 1.67. The molecule has 1 aromatic carbocycles. The molecule has 9 heteroatoms. The van der Waals surface area contributed by atoms with E-state index in [0.29, 0.717) is 28.3 Å². The molecule has 2 aliphatic rings. The van der Waals surface area contributed by atoms with Gasteiger partial charge in [0.15, 0.2) is 5.82 Å². The summed E-state index contributed by atoms with van der Waals surface area (Å²) < 4.78 is 0. The van der Waals surface area contributed by atoms with Gasteiger partial charge in [0.2, 0.25) is 11.8 Å². The first kappa shape index (κ1) is 21.9. The minimum atomic E-state index is -0.123. The molecule has 7 nitrogen and oxygen atoms in total. The Morgan fingerprint density at radius 2 is 2.03 bits per heavy atom. The first-order chi connectivity index (χ1) is 15.0. The molecule has 2 aromatic rings. The number of nitrogens with zero attached hydrogens (tertiary/aromatic N) is 3. The highest BCUT2D eigenvalue weighted by Crippen LogP contribution is 2.25. The summed E-state index contributed by atoms with van der Waals surface area (Å²) in [6, 6.07) is 9.58. The summed E-state index contributed by atoms with van der Waals surface area (Å²) >= 11 is 7.33. The zero-order valence-electron chi connectivity index (χ0n) is 17.4. The van der Waals surface area contributed by atoms with Crippen molar-refractivity contribution in [3.05, 3.63) is 40.9 Å². The Balaban J connectivity index is 1.28. The second kappa shape index (κ2) is 9.87. The fourth-order valence-corrected chi connectivity index (χ4v) is 4.35. The van der Waals surface area contributed by atoms with Crippen molar-refractivity contribution in [3.63, 3.8) is 0 Å². The Kier molecular flexibility index (Phi) is 6.97. The molecule has 1 saturated carbocycles. The van der Waals surface area contributed by atoms with E-state index in [1.54, 1.807) is 12.1 Å². The Labute approximate surface area is 191 Å². The monoisotopic (exact) mass is 459 g/mol. The predicted molar refractivity (Wildman–Crippen MR) is 124 cm³/mol. The van der Waals surface area contributed by atoms with Crippen LogP contribution in [-0.2, 0) is 9.59 Å². The maximum atomic E-state index is 12.4. The van der Waals surface area contributed by atoms with Gasteiger partial charge in [0.1, 0.15) is 5.03 Å². The van der Waals surface area contributed by atoms with Gasteiger partial charge in [-0.05, 0) is 62.4 Å². The van der Waals surface area contributed by atoms with Crippen LogP contribution < -0.4 is 15.5 Å². The van der Waals surface area contributed by atoms with Crippen molar-refractivity contribution in [2.45, 2.75) is 43.7 Å². The highest BCUT2D eigenvalue weighted by atomic mass is 35.5. The molecule has 1 aromatic heterocycles. The number of carbonyl (C=O) groups is 2. The number of hydrogen-bond donors (Lipinski definition) is 2. The van der Waals surface area contributed by atoms with Crippen LogP contribution in [0.4, 0.5) is 11.5 Å². The number of thioether (sulfide) groups is 1. The van der Waals surface area contributed by atoms with Crippen LogP contribution in [0.2, 0.25) is 5.02 Å². The fourth-order valence-electron chi connectivity index (χ4n) is 3.56. The van der Waals surface area contributed by atoms with Gasteiger partial charge in [0, 0.05) is 29.8 Å². The van der Waals surface area contributed by atoms with E-state index in [-0.39, 0.29) is 23.5 Å². The van der Waals surface area contributed by atoms with Crippen molar-refractivity contribution in [2.24, 2.45) is 5.92 Å². The molecule has 1 atom stereocenters. The van der Waals surface area contributed by atoms with Gasteiger partial charge in [0.25, 0.3) is 0 Å². The zero-order valence-corrected chi connectivity index (χ0v) is 19.0. The first-order valence-electron chi connectivity index (χ1n) is 10.6. The number of piperidine rings is 1. The number of rotatable bonds is 7. The van der Waals surface area contributed by atoms with Gasteiger partial charge < -0.3 is 15.5 Å². The topological polar surface area (TPSA) is 87.2 Å². The number of benzene rings is 1. The molecule has 1 aliphatic heterocycles. The average molecular weight is 460 g/mol. The van der Waals surface area contributed by atoms with Crippen molar-refractivity contribution in [1.82, 2.24) is 15.5 Å². The maximum absolute atomic E-state index is 12.4. The Bertz CT molecular complexity index is 951. The molecule has 0 radical (unpaired) electrons. The molecule has 2 amide bonds. The van der Waals surface area contributed by atoms with E-state index in [1.165, 1.54) is 11.8 Å². The number of hydrogen-bond acceptors (Lipinski definition) is 6. The highest BCUT2D eigenvalue weighted by molar-refractivity contribution is 7.99. The summed E-state index contributed by atoms with van der Waals surface area (Å²) in [4.78, 5) is 26.8. The summed E-state index contributed by atoms with van der Waals surface area (Å²) in [5, 5.41) is 15.8. The minimum Gasteiger partial charge on any atom is -0.354 e. The molecule has 4 rings (SSSR count). The standard InChI is InChI=1S/C22H26ClN5O2S/c1-14-4-5-16(23)11-18(14)25-20(29)13-31-21-9-8-19(26-27-21)28-10-2-3-15(12-28)22(30)24-17-6-7-17/h4-5,8-9,11,15,17H,2-3,6-7,10,12-13H2,1H3,(H,24,30)(H,25,29)/t15-/m0/s1. The third-order valence-corrected chi connectivity index (χ3v) is 6.65. The Morgan fingerprint density at radius 1 is 1.19 bits per heavy atom. The molecule has 1 saturated heterocycles. The van der Waals surface area contributed by atoms with Crippen molar-refractivity contribution in [3.8, 4) is 0 Å². The number of nitrogens with one attached hydrogen (secondary N) is 2. The number of aryl methyl sites for hydroxylation is 1. The van der Waals surface area contributed by atoms with E-state index < -0.39 is 0 Å². The van der Waals surface area contributed by atoms with Crippen LogP contribution in [0.3, 0.4) is 0 Å². The summed E-state index contributed by atoms with van der Waals surface area (Å²) in [7, 11) is 0. The number of aromatic nitrogens is 2. The highest BCUT2D eigenvalue weighted by Gasteiger charge is 2.30. The third kappa shape index (κ3) is 6.11. The molecule has 0 unspecified atom stereocenters. The zero-order chi connectivity index (χ0) is 21.8. The molecule has 1 aliphatic carbocycles. The molecule has 31 heavy (non-hydrogen) atoms. The smallest absolute Gasteiger partial charge is 0.234 e. The van der Waals surface area contributed by atoms with Gasteiger partial charge >= 0.3 is 0 Å². The third-order valence-electron chi connectivity index (χ3n) is 5.49. The SMILES string of the molecule is Cc1ccc(Cl)cc1NC(=O)CSc1ccc(N2CCC[C@H](C(=O)NC3CC3)C2)nn1. The lowest BCUT2D eigenvalue weighted by Gasteiger charge is -2.32. The van der Waals surface area contributed by atoms with Crippen LogP contribution in [0, 0.1) is 12.8 Å². The number of anilines is 2. The molecule has 0 bridgehead atoms. The van der Waals surface area contributed by atoms with Crippen LogP contribution in [0.1, 0.15) is 31.2 Å². The molecule has 164 valence electrons. The van der Waals surface area contributed by atoms with Gasteiger partial charge in [-0.25, -0.2) is 0 Å². The van der Waals surface area contributed by atoms with Crippen LogP contribution >= 0.6 is 23.4 Å².